The van der Waals surface area contributed by atoms with Crippen LogP contribution in [0.25, 0.3) is 22.2 Å². The molecule has 2 aromatic carbocycles. The molecule has 0 radical (unpaired) electrons. The molecule has 2 unspecified atom stereocenters. The lowest BCUT2D eigenvalue weighted by molar-refractivity contribution is 0.207. The second-order valence-electron chi connectivity index (χ2n) is 9.96. The Bertz CT molecular complexity index is 1260. The molecule has 0 aliphatic carbocycles. The number of ether oxygens (including phenoxy) is 1. The summed E-state index contributed by atoms with van der Waals surface area (Å²) >= 11 is 0. The quantitative estimate of drug-likeness (QED) is 0.261. The second kappa shape index (κ2) is 11.1. The minimum Gasteiger partial charge on any atom is -0.457 e. The number of anilines is 1. The summed E-state index contributed by atoms with van der Waals surface area (Å²) in [5, 5.41) is 0.922. The molecule has 2 aromatic heterocycles. The SMILES string of the molecule is CCCC(CCC(C)n1cc(-c2ccc(Oc3ccccc3)cc2)c2c(N)ncnc21)N1CCCC1. The van der Waals surface area contributed by atoms with Crippen LogP contribution >= 0.6 is 0 Å². The van der Waals surface area contributed by atoms with E-state index >= 15 is 0 Å². The van der Waals surface area contributed by atoms with E-state index in [4.69, 9.17) is 10.5 Å². The Morgan fingerprint density at radius 2 is 1.64 bits per heavy atom. The number of nitrogens with two attached hydrogens (primary N) is 1. The van der Waals surface area contributed by atoms with Gasteiger partial charge in [-0.1, -0.05) is 43.7 Å². The fraction of sp³-hybridized carbons (Fsp3) is 0.400. The van der Waals surface area contributed by atoms with Gasteiger partial charge in [-0.15, -0.1) is 0 Å². The number of para-hydroxylation sites is 1. The molecule has 0 bridgehead atoms. The van der Waals surface area contributed by atoms with Gasteiger partial charge in [0.1, 0.15) is 29.3 Å². The molecule has 4 aromatic rings. The molecule has 6 nitrogen and oxygen atoms in total. The van der Waals surface area contributed by atoms with Gasteiger partial charge in [0.2, 0.25) is 0 Å². The zero-order valence-corrected chi connectivity index (χ0v) is 21.4. The Balaban J connectivity index is 1.39. The molecule has 1 saturated heterocycles. The first-order valence-electron chi connectivity index (χ1n) is 13.3. The fourth-order valence-electron chi connectivity index (χ4n) is 5.51. The maximum atomic E-state index is 6.39. The summed E-state index contributed by atoms with van der Waals surface area (Å²) in [7, 11) is 0. The topological polar surface area (TPSA) is 69.2 Å². The molecule has 36 heavy (non-hydrogen) atoms. The van der Waals surface area contributed by atoms with Gasteiger partial charge in [-0.2, -0.15) is 0 Å². The molecule has 2 N–H and O–H groups in total. The smallest absolute Gasteiger partial charge is 0.146 e. The first-order chi connectivity index (χ1) is 17.6. The summed E-state index contributed by atoms with van der Waals surface area (Å²) in [4.78, 5) is 11.7. The molecule has 1 aliphatic rings. The summed E-state index contributed by atoms with van der Waals surface area (Å²) in [6, 6.07) is 19.0. The fourth-order valence-corrected chi connectivity index (χ4v) is 5.51. The van der Waals surface area contributed by atoms with Gasteiger partial charge in [0.05, 0.1) is 5.39 Å². The molecule has 0 amide bonds. The predicted molar refractivity (Wildman–Crippen MR) is 147 cm³/mol. The number of hydrogen-bond donors (Lipinski definition) is 1. The molecule has 188 valence electrons. The van der Waals surface area contributed by atoms with E-state index in [2.05, 4.69) is 51.6 Å². The third-order valence-corrected chi connectivity index (χ3v) is 7.45. The minimum absolute atomic E-state index is 0.318. The van der Waals surface area contributed by atoms with Crippen molar-refractivity contribution in [2.24, 2.45) is 0 Å². The van der Waals surface area contributed by atoms with Gasteiger partial charge in [-0.25, -0.2) is 9.97 Å². The third-order valence-electron chi connectivity index (χ3n) is 7.45. The molecule has 1 fully saturated rings. The van der Waals surface area contributed by atoms with Crippen LogP contribution in [0, 0.1) is 0 Å². The number of aromatic nitrogens is 3. The van der Waals surface area contributed by atoms with Gasteiger partial charge in [0.15, 0.2) is 0 Å². The van der Waals surface area contributed by atoms with E-state index in [9.17, 15) is 0 Å². The number of nitrogen functional groups attached to an aromatic ring is 1. The van der Waals surface area contributed by atoms with Gasteiger partial charge >= 0.3 is 0 Å². The van der Waals surface area contributed by atoms with E-state index in [0.717, 1.165) is 40.1 Å². The molecule has 0 spiro atoms. The van der Waals surface area contributed by atoms with Crippen molar-refractivity contribution in [1.29, 1.82) is 0 Å². The van der Waals surface area contributed by atoms with E-state index in [1.54, 1.807) is 6.33 Å². The molecular formula is C30H37N5O. The summed E-state index contributed by atoms with van der Waals surface area (Å²) in [6.07, 6.45) is 11.3. The Labute approximate surface area is 214 Å². The van der Waals surface area contributed by atoms with E-state index in [1.807, 2.05) is 42.5 Å². The lowest BCUT2D eigenvalue weighted by Gasteiger charge is -2.28. The van der Waals surface area contributed by atoms with Gasteiger partial charge in [0.25, 0.3) is 0 Å². The maximum absolute atomic E-state index is 6.39. The Morgan fingerprint density at radius 3 is 2.36 bits per heavy atom. The van der Waals surface area contributed by atoms with Crippen LogP contribution in [-0.2, 0) is 0 Å². The highest BCUT2D eigenvalue weighted by Crippen LogP contribution is 2.36. The molecule has 5 rings (SSSR count). The van der Waals surface area contributed by atoms with Crippen molar-refractivity contribution < 1.29 is 4.74 Å². The van der Waals surface area contributed by atoms with Gasteiger partial charge in [-0.05, 0) is 81.9 Å². The summed E-state index contributed by atoms with van der Waals surface area (Å²) in [6.45, 7) is 7.10. The van der Waals surface area contributed by atoms with E-state index in [1.165, 1.54) is 45.2 Å². The lowest BCUT2D eigenvalue weighted by atomic mass is 10.0. The van der Waals surface area contributed by atoms with Crippen molar-refractivity contribution in [3.63, 3.8) is 0 Å². The van der Waals surface area contributed by atoms with Gasteiger partial charge < -0.3 is 19.9 Å². The van der Waals surface area contributed by atoms with Gasteiger partial charge in [0, 0.05) is 23.8 Å². The van der Waals surface area contributed by atoms with Crippen LogP contribution in [0.1, 0.15) is 58.4 Å². The van der Waals surface area contributed by atoms with Crippen molar-refractivity contribution in [2.45, 2.75) is 64.5 Å². The summed E-state index contributed by atoms with van der Waals surface area (Å²) in [5.74, 6) is 2.14. The van der Waals surface area contributed by atoms with Crippen LogP contribution in [0.3, 0.4) is 0 Å². The summed E-state index contributed by atoms with van der Waals surface area (Å²) < 4.78 is 8.28. The second-order valence-corrected chi connectivity index (χ2v) is 9.96. The monoisotopic (exact) mass is 483 g/mol. The number of rotatable bonds is 10. The zero-order chi connectivity index (χ0) is 24.9. The molecule has 1 aliphatic heterocycles. The Morgan fingerprint density at radius 1 is 0.917 bits per heavy atom. The third kappa shape index (κ3) is 5.24. The van der Waals surface area contributed by atoms with Crippen LogP contribution in [0.15, 0.2) is 67.1 Å². The molecule has 2 atom stereocenters. The minimum atomic E-state index is 0.318. The van der Waals surface area contributed by atoms with Gasteiger partial charge in [-0.3, -0.25) is 0 Å². The molecule has 6 heteroatoms. The highest BCUT2D eigenvalue weighted by atomic mass is 16.5. The zero-order valence-electron chi connectivity index (χ0n) is 21.4. The number of hydrogen-bond acceptors (Lipinski definition) is 5. The maximum Gasteiger partial charge on any atom is 0.146 e. The molecule has 3 heterocycles. The van der Waals surface area contributed by atoms with Crippen molar-refractivity contribution in [3.05, 3.63) is 67.1 Å². The van der Waals surface area contributed by atoms with Crippen LogP contribution < -0.4 is 10.5 Å². The Hall–Kier alpha value is -3.38. The van der Waals surface area contributed by atoms with Crippen LogP contribution in [0.4, 0.5) is 5.82 Å². The highest BCUT2D eigenvalue weighted by molar-refractivity contribution is 6.00. The average Bonchev–Trinajstić information content (AvgIpc) is 3.57. The lowest BCUT2D eigenvalue weighted by Crippen LogP contribution is -2.33. The summed E-state index contributed by atoms with van der Waals surface area (Å²) in [5.41, 5.74) is 9.43. The first-order valence-corrected chi connectivity index (χ1v) is 13.3. The first kappa shape index (κ1) is 24.3. The van der Waals surface area contributed by atoms with E-state index < -0.39 is 0 Å². The van der Waals surface area contributed by atoms with E-state index in [-0.39, 0.29) is 0 Å². The van der Waals surface area contributed by atoms with Crippen molar-refractivity contribution in [3.8, 4) is 22.6 Å². The number of fused-ring (bicyclic) bond motifs is 1. The average molecular weight is 484 g/mol. The largest absolute Gasteiger partial charge is 0.457 e. The van der Waals surface area contributed by atoms with Crippen molar-refractivity contribution >= 4 is 16.9 Å². The highest BCUT2D eigenvalue weighted by Gasteiger charge is 2.23. The van der Waals surface area contributed by atoms with Crippen molar-refractivity contribution in [1.82, 2.24) is 19.4 Å². The van der Waals surface area contributed by atoms with E-state index in [0.29, 0.717) is 17.9 Å². The van der Waals surface area contributed by atoms with Crippen molar-refractivity contribution in [2.75, 3.05) is 18.8 Å². The number of nitrogens with zero attached hydrogens (tertiary/aromatic N) is 4. The number of likely N-dealkylation sites (tertiary alicyclic amines) is 1. The van der Waals surface area contributed by atoms with Crippen LogP contribution in [0.2, 0.25) is 0 Å². The standard InChI is InChI=1S/C30H37N5O/c1-3-9-24(34-18-7-8-19-34)15-12-22(2)35-20-27(28-29(31)32-21-33-30(28)35)23-13-16-26(17-14-23)36-25-10-5-4-6-11-25/h4-6,10-11,13-14,16-17,20-22,24H,3,7-9,12,15,18-19H2,1-2H3,(H2,31,32,33). The van der Waals surface area contributed by atoms with Crippen LogP contribution in [0.5, 0.6) is 11.5 Å². The predicted octanol–water partition coefficient (Wildman–Crippen LogP) is 7.08. The Kier molecular flexibility index (Phi) is 7.52. The van der Waals surface area contributed by atoms with Crippen LogP contribution in [-0.4, -0.2) is 38.6 Å². The normalized spacial score (nSPS) is 15.8. The number of benzene rings is 2. The molecule has 0 saturated carbocycles. The molecular weight excluding hydrogens is 446 g/mol.